The van der Waals surface area contributed by atoms with Gasteiger partial charge >= 0.3 is 0 Å². The Morgan fingerprint density at radius 2 is 0.737 bits per heavy atom. The van der Waals surface area contributed by atoms with Gasteiger partial charge in [0, 0.05) is 74.7 Å². The summed E-state index contributed by atoms with van der Waals surface area (Å²) in [6.07, 6.45) is 0.548. The third-order valence-corrected chi connectivity index (χ3v) is 6.57. The molecule has 0 unspecified atom stereocenters. The molecular weight excluding hydrogens is 472 g/mol. The minimum absolute atomic E-state index is 0.0353. The zero-order valence-electron chi connectivity index (χ0n) is 22.3. The second-order valence-electron chi connectivity index (χ2n) is 9.81. The van der Waals surface area contributed by atoms with Gasteiger partial charge in [0.15, 0.2) is 17.3 Å². The lowest BCUT2D eigenvalue weighted by Crippen LogP contribution is -2.09. The van der Waals surface area contributed by atoms with E-state index in [1.807, 2.05) is 111 Å². The zero-order valence-corrected chi connectivity index (χ0v) is 22.3. The highest BCUT2D eigenvalue weighted by Gasteiger charge is 2.13. The third-order valence-electron chi connectivity index (χ3n) is 6.57. The van der Waals surface area contributed by atoms with Crippen LogP contribution in [0.3, 0.4) is 0 Å². The molecule has 4 aromatic carbocycles. The lowest BCUT2D eigenvalue weighted by atomic mass is 9.97. The first kappa shape index (κ1) is 26.6. The number of hydrogen-bond acceptors (Lipinski definition) is 5. The first-order valence-corrected chi connectivity index (χ1v) is 12.5. The van der Waals surface area contributed by atoms with Gasteiger partial charge in [-0.25, -0.2) is 0 Å². The SMILES string of the molecule is CN(C)c1ccc(C(=O)Cc2ccc(C(=O)c3ccc(CC(=O)c4ccc(N(C)C)cc4)cc3)cc2)cc1. The molecule has 4 rings (SSSR count). The number of benzene rings is 4. The molecule has 0 aliphatic heterocycles. The average molecular weight is 505 g/mol. The second kappa shape index (κ2) is 11.7. The molecule has 0 heterocycles. The first-order valence-electron chi connectivity index (χ1n) is 12.5. The summed E-state index contributed by atoms with van der Waals surface area (Å²) in [5.74, 6) is -0.0272. The summed E-state index contributed by atoms with van der Waals surface area (Å²) in [5.41, 5.74) is 6.24. The molecule has 5 heteroatoms. The van der Waals surface area contributed by atoms with Crippen molar-refractivity contribution in [1.29, 1.82) is 0 Å². The Morgan fingerprint density at radius 3 is 1.03 bits per heavy atom. The number of anilines is 2. The lowest BCUT2D eigenvalue weighted by molar-refractivity contribution is 0.0985. The van der Waals surface area contributed by atoms with Crippen LogP contribution in [0, 0.1) is 0 Å². The molecule has 0 aliphatic rings. The van der Waals surface area contributed by atoms with Gasteiger partial charge in [-0.1, -0.05) is 48.5 Å². The average Bonchev–Trinajstić information content (AvgIpc) is 2.93. The molecule has 0 fully saturated rings. The van der Waals surface area contributed by atoms with E-state index in [0.717, 1.165) is 22.5 Å². The van der Waals surface area contributed by atoms with Gasteiger partial charge < -0.3 is 9.80 Å². The number of carbonyl (C=O) groups is 3. The van der Waals surface area contributed by atoms with Crippen LogP contribution in [0.2, 0.25) is 0 Å². The number of carbonyl (C=O) groups excluding carboxylic acids is 3. The highest BCUT2D eigenvalue weighted by atomic mass is 16.1. The maximum atomic E-state index is 13.0. The Kier molecular flexibility index (Phi) is 8.17. The van der Waals surface area contributed by atoms with Crippen LogP contribution in [0.15, 0.2) is 97.1 Å². The van der Waals surface area contributed by atoms with Gasteiger partial charge in [0.1, 0.15) is 0 Å². The molecule has 4 aromatic rings. The van der Waals surface area contributed by atoms with E-state index in [1.54, 1.807) is 24.3 Å². The van der Waals surface area contributed by atoms with Crippen molar-refractivity contribution in [3.8, 4) is 0 Å². The van der Waals surface area contributed by atoms with Crippen molar-refractivity contribution in [1.82, 2.24) is 0 Å². The van der Waals surface area contributed by atoms with Crippen molar-refractivity contribution < 1.29 is 14.4 Å². The fourth-order valence-corrected chi connectivity index (χ4v) is 4.18. The molecule has 0 saturated heterocycles. The monoisotopic (exact) mass is 504 g/mol. The summed E-state index contributed by atoms with van der Waals surface area (Å²) in [5, 5.41) is 0. The van der Waals surface area contributed by atoms with Gasteiger partial charge in [-0.05, 0) is 59.7 Å². The summed E-state index contributed by atoms with van der Waals surface area (Å²) in [6.45, 7) is 0. The van der Waals surface area contributed by atoms with Crippen LogP contribution in [0.25, 0.3) is 0 Å². The van der Waals surface area contributed by atoms with Gasteiger partial charge in [-0.2, -0.15) is 0 Å². The number of hydrogen-bond donors (Lipinski definition) is 0. The fourth-order valence-electron chi connectivity index (χ4n) is 4.18. The van der Waals surface area contributed by atoms with E-state index in [9.17, 15) is 14.4 Å². The van der Waals surface area contributed by atoms with Crippen LogP contribution >= 0.6 is 0 Å². The highest BCUT2D eigenvalue weighted by molar-refractivity contribution is 6.09. The van der Waals surface area contributed by atoms with Crippen LogP contribution in [0.4, 0.5) is 11.4 Å². The highest BCUT2D eigenvalue weighted by Crippen LogP contribution is 2.18. The Labute approximate surface area is 224 Å². The molecular formula is C33H32N2O3. The summed E-state index contributed by atoms with van der Waals surface area (Å²) >= 11 is 0. The minimum Gasteiger partial charge on any atom is -0.378 e. The minimum atomic E-state index is -0.0979. The molecule has 0 aromatic heterocycles. The van der Waals surface area contributed by atoms with Crippen LogP contribution in [0.1, 0.15) is 47.8 Å². The van der Waals surface area contributed by atoms with E-state index in [1.165, 1.54) is 0 Å². The van der Waals surface area contributed by atoms with Crippen LogP contribution in [-0.4, -0.2) is 45.5 Å². The standard InChI is InChI=1S/C33H32N2O3/c1-34(2)29-17-13-25(14-18-29)31(36)21-23-5-9-27(10-6-23)33(38)28-11-7-24(8-12-28)22-32(37)26-15-19-30(20-16-26)35(3)4/h5-20H,21-22H2,1-4H3. The molecule has 38 heavy (non-hydrogen) atoms. The maximum absolute atomic E-state index is 13.0. The van der Waals surface area contributed by atoms with Crippen LogP contribution < -0.4 is 9.80 Å². The Bertz CT molecular complexity index is 1310. The van der Waals surface area contributed by atoms with E-state index in [2.05, 4.69) is 0 Å². The third kappa shape index (κ3) is 6.43. The van der Waals surface area contributed by atoms with E-state index >= 15 is 0 Å². The van der Waals surface area contributed by atoms with Crippen molar-refractivity contribution >= 4 is 28.7 Å². The predicted octanol–water partition coefficient (Wildman–Crippen LogP) is 5.90. The number of ketones is 3. The van der Waals surface area contributed by atoms with Crippen molar-refractivity contribution in [3.63, 3.8) is 0 Å². The summed E-state index contributed by atoms with van der Waals surface area (Å²) in [6, 6.07) is 29.4. The van der Waals surface area contributed by atoms with Crippen LogP contribution in [0.5, 0.6) is 0 Å². The Morgan fingerprint density at radius 1 is 0.447 bits per heavy atom. The number of nitrogens with zero attached hydrogens (tertiary/aromatic N) is 2. The Balaban J connectivity index is 1.36. The second-order valence-corrected chi connectivity index (χ2v) is 9.81. The predicted molar refractivity (Wildman–Crippen MR) is 154 cm³/mol. The van der Waals surface area contributed by atoms with Gasteiger partial charge in [-0.15, -0.1) is 0 Å². The van der Waals surface area contributed by atoms with Crippen molar-refractivity contribution in [3.05, 3.63) is 130 Å². The molecule has 5 nitrogen and oxygen atoms in total. The molecule has 0 bridgehead atoms. The van der Waals surface area contributed by atoms with Crippen molar-refractivity contribution in [2.45, 2.75) is 12.8 Å². The molecule has 0 spiro atoms. The molecule has 0 N–H and O–H groups in total. The molecule has 192 valence electrons. The lowest BCUT2D eigenvalue weighted by Gasteiger charge is -2.12. The topological polar surface area (TPSA) is 57.7 Å². The van der Waals surface area contributed by atoms with Gasteiger partial charge in [-0.3, -0.25) is 14.4 Å². The summed E-state index contributed by atoms with van der Waals surface area (Å²) < 4.78 is 0. The number of Topliss-reactive ketones (excluding diaryl/α,β-unsaturated/α-hetero) is 2. The number of rotatable bonds is 10. The molecule has 0 saturated carbocycles. The Hall–Kier alpha value is -4.51. The van der Waals surface area contributed by atoms with E-state index in [0.29, 0.717) is 22.3 Å². The molecule has 0 atom stereocenters. The van der Waals surface area contributed by atoms with E-state index < -0.39 is 0 Å². The molecule has 0 radical (unpaired) electrons. The molecule has 0 aliphatic carbocycles. The summed E-state index contributed by atoms with van der Waals surface area (Å²) in [7, 11) is 7.84. The summed E-state index contributed by atoms with van der Waals surface area (Å²) in [4.78, 5) is 42.3. The first-order chi connectivity index (χ1) is 18.2. The van der Waals surface area contributed by atoms with Gasteiger partial charge in [0.05, 0.1) is 0 Å². The van der Waals surface area contributed by atoms with Gasteiger partial charge in [0.2, 0.25) is 0 Å². The van der Waals surface area contributed by atoms with Crippen LogP contribution in [-0.2, 0) is 12.8 Å². The largest absolute Gasteiger partial charge is 0.378 e. The van der Waals surface area contributed by atoms with E-state index in [-0.39, 0.29) is 30.2 Å². The normalized spacial score (nSPS) is 10.6. The van der Waals surface area contributed by atoms with Crippen molar-refractivity contribution in [2.24, 2.45) is 0 Å². The van der Waals surface area contributed by atoms with E-state index in [4.69, 9.17) is 0 Å². The van der Waals surface area contributed by atoms with Crippen molar-refractivity contribution in [2.75, 3.05) is 38.0 Å². The zero-order chi connectivity index (χ0) is 27.2. The smallest absolute Gasteiger partial charge is 0.193 e. The molecule has 0 amide bonds. The maximum Gasteiger partial charge on any atom is 0.193 e. The fraction of sp³-hybridized carbons (Fsp3) is 0.182. The quantitative estimate of drug-likeness (QED) is 0.252. The van der Waals surface area contributed by atoms with Gasteiger partial charge in [0.25, 0.3) is 0 Å².